The molecular formula is C13H13N7S. The second-order valence-corrected chi connectivity index (χ2v) is 5.00. The van der Waals surface area contributed by atoms with Crippen molar-refractivity contribution in [2.24, 2.45) is 0 Å². The lowest BCUT2D eigenvalue weighted by Gasteiger charge is -2.07. The molecule has 0 aliphatic rings. The maximum atomic E-state index is 4.44. The second-order valence-electron chi connectivity index (χ2n) is 4.01. The van der Waals surface area contributed by atoms with E-state index in [1.165, 1.54) is 11.8 Å². The average Bonchev–Trinajstić information content (AvgIpc) is 3.03. The predicted octanol–water partition coefficient (Wildman–Crippen LogP) is 2.04. The molecule has 3 aromatic heterocycles. The summed E-state index contributed by atoms with van der Waals surface area (Å²) in [6.07, 6.45) is 6.87. The molecule has 0 atom stereocenters. The van der Waals surface area contributed by atoms with Crippen molar-refractivity contribution in [1.29, 1.82) is 0 Å². The Kier molecular flexibility index (Phi) is 4.06. The smallest absolute Gasteiger partial charge is 0.240 e. The fraction of sp³-hybridized carbons (Fsp3) is 0.154. The molecule has 3 aromatic rings. The Hall–Kier alpha value is -2.48. The third-order valence-corrected chi connectivity index (χ3v) is 3.32. The van der Waals surface area contributed by atoms with Gasteiger partial charge in [0.15, 0.2) is 0 Å². The highest BCUT2D eigenvalue weighted by Gasteiger charge is 2.09. The number of anilines is 1. The van der Waals surface area contributed by atoms with E-state index >= 15 is 0 Å². The van der Waals surface area contributed by atoms with Gasteiger partial charge in [-0.3, -0.25) is 4.57 Å². The van der Waals surface area contributed by atoms with Crippen LogP contribution in [0.25, 0.3) is 5.95 Å². The Morgan fingerprint density at radius 1 is 1.19 bits per heavy atom. The van der Waals surface area contributed by atoms with E-state index in [1.807, 2.05) is 25.1 Å². The number of hydrogen-bond donors (Lipinski definition) is 1. The molecule has 7 nitrogen and oxygen atoms in total. The topological polar surface area (TPSA) is 81.4 Å². The summed E-state index contributed by atoms with van der Waals surface area (Å²) in [4.78, 5) is 21.5. The number of nitrogens with zero attached hydrogens (tertiary/aromatic N) is 6. The quantitative estimate of drug-likeness (QED) is 0.772. The van der Waals surface area contributed by atoms with Crippen molar-refractivity contribution >= 4 is 17.7 Å². The number of rotatable bonds is 5. The van der Waals surface area contributed by atoms with Gasteiger partial charge in [-0.15, -0.1) is 0 Å². The Balaban J connectivity index is 1.95. The standard InChI is InChI=1S/C13H13N7S/c1-2-15-11-17-12(20-8-7-14-9-20)19-13(18-11)21-10-5-3-4-6-16-10/h3-9H,2H2,1H3,(H,15,17,18,19). The van der Waals surface area contributed by atoms with Crippen LogP contribution in [0.4, 0.5) is 5.95 Å². The molecule has 0 radical (unpaired) electrons. The molecule has 106 valence electrons. The molecule has 0 aliphatic heterocycles. The molecular weight excluding hydrogens is 286 g/mol. The van der Waals surface area contributed by atoms with Crippen molar-refractivity contribution in [3.8, 4) is 5.95 Å². The molecule has 0 amide bonds. The number of hydrogen-bond acceptors (Lipinski definition) is 7. The third kappa shape index (κ3) is 3.34. The molecule has 0 aliphatic carbocycles. The van der Waals surface area contributed by atoms with E-state index < -0.39 is 0 Å². The van der Waals surface area contributed by atoms with Crippen molar-refractivity contribution in [2.75, 3.05) is 11.9 Å². The van der Waals surface area contributed by atoms with Crippen LogP contribution in [0.2, 0.25) is 0 Å². The number of nitrogens with one attached hydrogen (secondary N) is 1. The minimum Gasteiger partial charge on any atom is -0.354 e. The molecule has 8 heteroatoms. The highest BCUT2D eigenvalue weighted by atomic mass is 32.2. The summed E-state index contributed by atoms with van der Waals surface area (Å²) in [5, 5.41) is 4.53. The van der Waals surface area contributed by atoms with Crippen molar-refractivity contribution < 1.29 is 0 Å². The first-order valence-corrected chi connectivity index (χ1v) is 7.24. The van der Waals surface area contributed by atoms with Gasteiger partial charge in [0.25, 0.3) is 0 Å². The lowest BCUT2D eigenvalue weighted by Crippen LogP contribution is -2.08. The van der Waals surface area contributed by atoms with Crippen LogP contribution in [0.1, 0.15) is 6.92 Å². The molecule has 0 spiro atoms. The van der Waals surface area contributed by atoms with E-state index in [0.29, 0.717) is 17.1 Å². The van der Waals surface area contributed by atoms with Crippen molar-refractivity contribution in [1.82, 2.24) is 29.5 Å². The van der Waals surface area contributed by atoms with Crippen LogP contribution in [-0.4, -0.2) is 36.0 Å². The third-order valence-electron chi connectivity index (χ3n) is 2.51. The molecule has 0 saturated heterocycles. The summed E-state index contributed by atoms with van der Waals surface area (Å²) in [5.41, 5.74) is 0. The normalized spacial score (nSPS) is 10.5. The first kappa shape index (κ1) is 13.5. The summed E-state index contributed by atoms with van der Waals surface area (Å²) in [6.45, 7) is 2.73. The van der Waals surface area contributed by atoms with E-state index in [2.05, 4.69) is 30.2 Å². The monoisotopic (exact) mass is 299 g/mol. The molecule has 0 bridgehead atoms. The molecule has 0 saturated carbocycles. The maximum absolute atomic E-state index is 4.44. The lowest BCUT2D eigenvalue weighted by molar-refractivity contribution is 0.822. The predicted molar refractivity (Wildman–Crippen MR) is 79.5 cm³/mol. The lowest BCUT2D eigenvalue weighted by atomic mass is 10.5. The summed E-state index contributed by atoms with van der Waals surface area (Å²) >= 11 is 1.39. The van der Waals surface area contributed by atoms with E-state index in [4.69, 9.17) is 0 Å². The van der Waals surface area contributed by atoms with Crippen LogP contribution in [0.15, 0.2) is 53.3 Å². The number of aromatic nitrogens is 6. The fourth-order valence-corrected chi connectivity index (χ4v) is 2.33. The number of pyridine rings is 1. The van der Waals surface area contributed by atoms with E-state index in [9.17, 15) is 0 Å². The number of imidazole rings is 1. The molecule has 0 unspecified atom stereocenters. The molecule has 0 fully saturated rings. The average molecular weight is 299 g/mol. The van der Waals surface area contributed by atoms with Crippen LogP contribution < -0.4 is 5.32 Å². The molecule has 1 N–H and O–H groups in total. The van der Waals surface area contributed by atoms with Gasteiger partial charge in [0, 0.05) is 25.1 Å². The Labute approximate surface area is 125 Å². The van der Waals surface area contributed by atoms with Crippen LogP contribution in [0, 0.1) is 0 Å². The largest absolute Gasteiger partial charge is 0.354 e. The molecule has 3 rings (SSSR count). The second kappa shape index (κ2) is 6.31. The van der Waals surface area contributed by atoms with Crippen molar-refractivity contribution in [2.45, 2.75) is 17.1 Å². The van der Waals surface area contributed by atoms with Gasteiger partial charge in [0.05, 0.1) is 0 Å². The van der Waals surface area contributed by atoms with Crippen LogP contribution >= 0.6 is 11.8 Å². The highest BCUT2D eigenvalue weighted by Crippen LogP contribution is 2.23. The summed E-state index contributed by atoms with van der Waals surface area (Å²) in [6, 6.07) is 5.72. The molecule has 3 heterocycles. The summed E-state index contributed by atoms with van der Waals surface area (Å²) in [7, 11) is 0. The van der Waals surface area contributed by atoms with Gasteiger partial charge < -0.3 is 5.32 Å². The fourth-order valence-electron chi connectivity index (χ4n) is 1.62. The Bertz CT molecular complexity index is 700. The molecule has 0 aromatic carbocycles. The molecule has 21 heavy (non-hydrogen) atoms. The van der Waals surface area contributed by atoms with E-state index in [1.54, 1.807) is 29.5 Å². The van der Waals surface area contributed by atoms with Crippen molar-refractivity contribution in [3.63, 3.8) is 0 Å². The van der Waals surface area contributed by atoms with Crippen LogP contribution in [0.5, 0.6) is 0 Å². The SMILES string of the molecule is CCNc1nc(Sc2ccccn2)nc(-n2ccnc2)n1. The minimum absolute atomic E-state index is 0.525. The first-order valence-electron chi connectivity index (χ1n) is 6.42. The Morgan fingerprint density at radius 3 is 2.86 bits per heavy atom. The van der Waals surface area contributed by atoms with Gasteiger partial charge in [-0.05, 0) is 30.8 Å². The van der Waals surface area contributed by atoms with E-state index in [-0.39, 0.29) is 0 Å². The highest BCUT2D eigenvalue weighted by molar-refractivity contribution is 7.99. The maximum Gasteiger partial charge on any atom is 0.240 e. The van der Waals surface area contributed by atoms with Gasteiger partial charge in [0.1, 0.15) is 11.4 Å². The Morgan fingerprint density at radius 2 is 2.14 bits per heavy atom. The zero-order valence-electron chi connectivity index (χ0n) is 11.3. The van der Waals surface area contributed by atoms with Crippen molar-refractivity contribution in [3.05, 3.63) is 43.1 Å². The minimum atomic E-state index is 0.525. The zero-order valence-corrected chi connectivity index (χ0v) is 12.2. The summed E-state index contributed by atoms with van der Waals surface area (Å²) in [5.74, 6) is 1.06. The van der Waals surface area contributed by atoms with Crippen LogP contribution in [0.3, 0.4) is 0 Å². The first-order chi connectivity index (χ1) is 10.3. The van der Waals surface area contributed by atoms with E-state index in [0.717, 1.165) is 11.6 Å². The van der Waals surface area contributed by atoms with Crippen LogP contribution in [-0.2, 0) is 0 Å². The van der Waals surface area contributed by atoms with Gasteiger partial charge >= 0.3 is 0 Å². The summed E-state index contributed by atoms with van der Waals surface area (Å²) < 4.78 is 1.74. The van der Waals surface area contributed by atoms with Gasteiger partial charge in [0.2, 0.25) is 17.1 Å². The van der Waals surface area contributed by atoms with Gasteiger partial charge in [-0.25, -0.2) is 9.97 Å². The van der Waals surface area contributed by atoms with Gasteiger partial charge in [-0.1, -0.05) is 6.07 Å². The van der Waals surface area contributed by atoms with Gasteiger partial charge in [-0.2, -0.15) is 15.0 Å². The zero-order chi connectivity index (χ0) is 14.5.